The first-order chi connectivity index (χ1) is 8.08. The summed E-state index contributed by atoms with van der Waals surface area (Å²) in [7, 11) is 1.85. The molecule has 0 saturated heterocycles. The Balaban J connectivity index is 2.09. The summed E-state index contributed by atoms with van der Waals surface area (Å²) in [4.78, 5) is 1.18. The Morgan fingerprint density at radius 1 is 1.35 bits per heavy atom. The van der Waals surface area contributed by atoms with Crippen LogP contribution in [0.1, 0.15) is 11.3 Å². The molecule has 1 heterocycles. The van der Waals surface area contributed by atoms with E-state index in [0.717, 1.165) is 22.7 Å². The molecule has 0 fully saturated rings. The van der Waals surface area contributed by atoms with E-state index in [4.69, 9.17) is 17.3 Å². The average molecular weight is 268 g/mol. The molecule has 0 atom stereocenters. The molecule has 0 aliphatic heterocycles. The van der Waals surface area contributed by atoms with Crippen molar-refractivity contribution in [3.8, 4) is 0 Å². The van der Waals surface area contributed by atoms with Gasteiger partial charge < -0.3 is 5.73 Å². The van der Waals surface area contributed by atoms with Crippen LogP contribution in [0.25, 0.3) is 0 Å². The van der Waals surface area contributed by atoms with Gasteiger partial charge in [0.15, 0.2) is 0 Å². The van der Waals surface area contributed by atoms with Crippen LogP contribution in [-0.4, -0.2) is 9.78 Å². The summed E-state index contributed by atoms with van der Waals surface area (Å²) in [5.41, 5.74) is 8.50. The SMILES string of the molecule is Cc1nn(C)c(Cl)c1CSc1ccc(N)cc1. The third-order valence-corrected chi connectivity index (χ3v) is 4.04. The van der Waals surface area contributed by atoms with Crippen molar-refractivity contribution >= 4 is 29.1 Å². The fourth-order valence-corrected chi connectivity index (χ4v) is 2.86. The molecule has 0 aliphatic rings. The predicted octanol–water partition coefficient (Wildman–Crippen LogP) is 3.26. The van der Waals surface area contributed by atoms with Gasteiger partial charge in [-0.25, -0.2) is 0 Å². The van der Waals surface area contributed by atoms with Gasteiger partial charge in [0.05, 0.1) is 5.69 Å². The van der Waals surface area contributed by atoms with Crippen LogP contribution in [0.3, 0.4) is 0 Å². The van der Waals surface area contributed by atoms with E-state index in [1.54, 1.807) is 16.4 Å². The zero-order valence-electron chi connectivity index (χ0n) is 9.77. The molecule has 1 aromatic carbocycles. The number of halogens is 1. The first-order valence-electron chi connectivity index (χ1n) is 5.24. The zero-order chi connectivity index (χ0) is 12.4. The Morgan fingerprint density at radius 2 is 2.00 bits per heavy atom. The number of rotatable bonds is 3. The van der Waals surface area contributed by atoms with Gasteiger partial charge in [-0.1, -0.05) is 11.6 Å². The number of hydrogen-bond acceptors (Lipinski definition) is 3. The Bertz CT molecular complexity index is 519. The fourth-order valence-electron chi connectivity index (χ4n) is 1.56. The van der Waals surface area contributed by atoms with Crippen molar-refractivity contribution < 1.29 is 0 Å². The summed E-state index contributed by atoms with van der Waals surface area (Å²) in [5, 5.41) is 5.00. The third kappa shape index (κ3) is 2.76. The Labute approximate surface area is 110 Å². The van der Waals surface area contributed by atoms with E-state index in [-0.39, 0.29) is 0 Å². The monoisotopic (exact) mass is 267 g/mol. The first-order valence-corrected chi connectivity index (χ1v) is 6.60. The number of thioether (sulfide) groups is 1. The highest BCUT2D eigenvalue weighted by Crippen LogP contribution is 2.28. The van der Waals surface area contributed by atoms with Crippen molar-refractivity contribution in [3.63, 3.8) is 0 Å². The van der Waals surface area contributed by atoms with Crippen molar-refractivity contribution in [1.82, 2.24) is 9.78 Å². The zero-order valence-corrected chi connectivity index (χ0v) is 11.3. The van der Waals surface area contributed by atoms with E-state index >= 15 is 0 Å². The van der Waals surface area contributed by atoms with Crippen LogP contribution in [-0.2, 0) is 12.8 Å². The van der Waals surface area contributed by atoms with Crippen LogP contribution in [0, 0.1) is 6.92 Å². The second-order valence-electron chi connectivity index (χ2n) is 3.84. The van der Waals surface area contributed by atoms with Gasteiger partial charge in [0.2, 0.25) is 0 Å². The fraction of sp³-hybridized carbons (Fsp3) is 0.250. The molecule has 1 aromatic heterocycles. The van der Waals surface area contributed by atoms with E-state index in [2.05, 4.69) is 5.10 Å². The smallest absolute Gasteiger partial charge is 0.131 e. The number of nitrogens with two attached hydrogens (primary N) is 1. The molecule has 0 spiro atoms. The number of nitrogen functional groups attached to an aromatic ring is 1. The molecule has 2 aromatic rings. The van der Waals surface area contributed by atoms with Crippen LogP contribution >= 0.6 is 23.4 Å². The molecular weight excluding hydrogens is 254 g/mol. The molecule has 0 aliphatic carbocycles. The van der Waals surface area contributed by atoms with Gasteiger partial charge in [0, 0.05) is 28.9 Å². The largest absolute Gasteiger partial charge is 0.399 e. The van der Waals surface area contributed by atoms with E-state index < -0.39 is 0 Å². The molecule has 0 unspecified atom stereocenters. The summed E-state index contributed by atoms with van der Waals surface area (Å²) >= 11 is 7.90. The number of aryl methyl sites for hydroxylation is 2. The van der Waals surface area contributed by atoms with Crippen LogP contribution in [0.2, 0.25) is 5.15 Å². The number of nitrogens with zero attached hydrogens (tertiary/aromatic N) is 2. The highest BCUT2D eigenvalue weighted by atomic mass is 35.5. The minimum atomic E-state index is 0.713. The highest BCUT2D eigenvalue weighted by Gasteiger charge is 2.11. The predicted molar refractivity (Wildman–Crippen MR) is 73.4 cm³/mol. The van der Waals surface area contributed by atoms with E-state index in [1.165, 1.54) is 4.90 Å². The van der Waals surface area contributed by atoms with E-state index in [9.17, 15) is 0 Å². The van der Waals surface area contributed by atoms with Gasteiger partial charge in [0.25, 0.3) is 0 Å². The van der Waals surface area contributed by atoms with Gasteiger partial charge >= 0.3 is 0 Å². The number of hydrogen-bond donors (Lipinski definition) is 1. The number of benzene rings is 1. The van der Waals surface area contributed by atoms with Gasteiger partial charge in [-0.05, 0) is 31.2 Å². The topological polar surface area (TPSA) is 43.8 Å². The van der Waals surface area contributed by atoms with Crippen LogP contribution in [0.15, 0.2) is 29.2 Å². The molecule has 0 amide bonds. The van der Waals surface area contributed by atoms with Crippen LogP contribution < -0.4 is 5.73 Å². The summed E-state index contributed by atoms with van der Waals surface area (Å²) < 4.78 is 1.70. The third-order valence-electron chi connectivity index (χ3n) is 2.53. The first kappa shape index (κ1) is 12.3. The normalized spacial score (nSPS) is 10.8. The molecule has 2 rings (SSSR count). The van der Waals surface area contributed by atoms with Crippen molar-refractivity contribution in [2.24, 2.45) is 7.05 Å². The molecule has 0 bridgehead atoms. The standard InChI is InChI=1S/C12H14ClN3S/c1-8-11(12(13)16(2)15-8)7-17-10-5-3-9(14)4-6-10/h3-6H,7,14H2,1-2H3. The minimum Gasteiger partial charge on any atom is -0.399 e. The summed E-state index contributed by atoms with van der Waals surface area (Å²) in [6, 6.07) is 7.83. The van der Waals surface area contributed by atoms with Crippen LogP contribution in [0.4, 0.5) is 5.69 Å². The molecule has 0 radical (unpaired) electrons. The average Bonchev–Trinajstić information content (AvgIpc) is 2.54. The van der Waals surface area contributed by atoms with Gasteiger partial charge in [-0.15, -0.1) is 11.8 Å². The lowest BCUT2D eigenvalue weighted by atomic mass is 10.3. The lowest BCUT2D eigenvalue weighted by Crippen LogP contribution is -1.89. The lowest BCUT2D eigenvalue weighted by molar-refractivity contribution is 0.757. The van der Waals surface area contributed by atoms with Gasteiger partial charge in [-0.2, -0.15) is 5.10 Å². The van der Waals surface area contributed by atoms with E-state index in [0.29, 0.717) is 5.15 Å². The maximum atomic E-state index is 6.17. The molecule has 90 valence electrons. The molecule has 5 heteroatoms. The Morgan fingerprint density at radius 3 is 2.53 bits per heavy atom. The van der Waals surface area contributed by atoms with Crippen molar-refractivity contribution in [1.29, 1.82) is 0 Å². The van der Waals surface area contributed by atoms with Crippen molar-refractivity contribution in [2.75, 3.05) is 5.73 Å². The summed E-state index contributed by atoms with van der Waals surface area (Å²) in [5.74, 6) is 0.822. The Hall–Kier alpha value is -1.13. The molecule has 17 heavy (non-hydrogen) atoms. The number of aromatic nitrogens is 2. The van der Waals surface area contributed by atoms with Gasteiger partial charge in [0.1, 0.15) is 5.15 Å². The second-order valence-corrected chi connectivity index (χ2v) is 5.24. The van der Waals surface area contributed by atoms with Gasteiger partial charge in [-0.3, -0.25) is 4.68 Å². The second kappa shape index (κ2) is 5.02. The maximum Gasteiger partial charge on any atom is 0.131 e. The Kier molecular flexibility index (Phi) is 3.64. The summed E-state index contributed by atoms with van der Waals surface area (Å²) in [6.45, 7) is 1.98. The summed E-state index contributed by atoms with van der Waals surface area (Å²) in [6.07, 6.45) is 0. The number of anilines is 1. The minimum absolute atomic E-state index is 0.713. The highest BCUT2D eigenvalue weighted by molar-refractivity contribution is 7.98. The van der Waals surface area contributed by atoms with Crippen molar-refractivity contribution in [3.05, 3.63) is 40.7 Å². The molecule has 2 N–H and O–H groups in total. The quantitative estimate of drug-likeness (QED) is 0.686. The van der Waals surface area contributed by atoms with E-state index in [1.807, 2.05) is 38.2 Å². The molecule has 0 saturated carbocycles. The van der Waals surface area contributed by atoms with Crippen LogP contribution in [0.5, 0.6) is 0 Å². The van der Waals surface area contributed by atoms with Crippen molar-refractivity contribution in [2.45, 2.75) is 17.6 Å². The molecular formula is C12H14ClN3S. The molecule has 3 nitrogen and oxygen atoms in total. The lowest BCUT2D eigenvalue weighted by Gasteiger charge is -2.02. The maximum absolute atomic E-state index is 6.17.